The molecule has 2 fully saturated rings. The number of hydrogen-bond acceptors (Lipinski definition) is 10. The van der Waals surface area contributed by atoms with Crippen LogP contribution < -0.4 is 0 Å². The van der Waals surface area contributed by atoms with Crippen molar-refractivity contribution in [2.75, 3.05) is 13.2 Å². The molecule has 0 bridgehead atoms. The van der Waals surface area contributed by atoms with Gasteiger partial charge in [0.1, 0.15) is 6.10 Å². The molecule has 0 unspecified atom stereocenters. The molecule has 214 valence electrons. The molecule has 6 atom stereocenters. The second-order valence-electron chi connectivity index (χ2n) is 8.79. The Labute approximate surface area is 223 Å². The second kappa shape index (κ2) is 11.1. The van der Waals surface area contributed by atoms with Crippen LogP contribution in [0.2, 0.25) is 5.02 Å². The van der Waals surface area contributed by atoms with Crippen molar-refractivity contribution in [3.63, 3.8) is 0 Å². The minimum Gasteiger partial charge on any atom is -0.424 e. The van der Waals surface area contributed by atoms with E-state index in [9.17, 15) is 32.1 Å². The Morgan fingerprint density at radius 1 is 1.31 bits per heavy atom. The van der Waals surface area contributed by atoms with E-state index in [0.717, 1.165) is 19.2 Å². The normalized spacial score (nSPS) is 33.3. The molecule has 0 aromatic heterocycles. The third-order valence-corrected chi connectivity index (χ3v) is 7.60. The van der Waals surface area contributed by atoms with E-state index in [2.05, 4.69) is 9.47 Å². The Kier molecular flexibility index (Phi) is 8.41. The van der Waals surface area contributed by atoms with Gasteiger partial charge < -0.3 is 14.2 Å². The van der Waals surface area contributed by atoms with Crippen LogP contribution in [-0.2, 0) is 41.9 Å². The molecular weight excluding hydrogens is 581 g/mol. The van der Waals surface area contributed by atoms with E-state index in [1.807, 2.05) is 0 Å². The maximum Gasteiger partial charge on any atom is 0.577 e. The third kappa shape index (κ3) is 6.97. The van der Waals surface area contributed by atoms with E-state index in [-0.39, 0.29) is 13.0 Å². The highest BCUT2D eigenvalue weighted by Gasteiger charge is 2.61. The molecule has 1 aromatic rings. The highest BCUT2D eigenvalue weighted by molar-refractivity contribution is 7.48. The number of allylic oxidation sites excluding steroid dienone is 1. The van der Waals surface area contributed by atoms with Crippen LogP contribution >= 0.6 is 19.4 Å². The molecule has 0 N–H and O–H groups in total. The van der Waals surface area contributed by atoms with Gasteiger partial charge in [0.15, 0.2) is 23.8 Å². The number of hydrogen-bond donors (Lipinski definition) is 0. The van der Waals surface area contributed by atoms with Crippen LogP contribution in [-0.4, -0.2) is 66.4 Å². The molecule has 1 amide bonds. The van der Waals surface area contributed by atoms with E-state index < -0.39 is 75.3 Å². The van der Waals surface area contributed by atoms with Gasteiger partial charge in [-0.25, -0.2) is 13.8 Å². The summed E-state index contributed by atoms with van der Waals surface area (Å²) in [7, 11) is -4.35. The molecule has 1 aromatic carbocycles. The van der Waals surface area contributed by atoms with E-state index in [0.29, 0.717) is 15.5 Å². The van der Waals surface area contributed by atoms with E-state index in [4.69, 9.17) is 29.9 Å². The number of ketones is 1. The van der Waals surface area contributed by atoms with Crippen LogP contribution in [0.5, 0.6) is 0 Å². The minimum atomic E-state index is -5.44. The molecule has 0 radical (unpaired) electrons. The second-order valence-corrected chi connectivity index (χ2v) is 10.8. The van der Waals surface area contributed by atoms with Gasteiger partial charge in [-0.15, -0.1) is 13.2 Å². The molecule has 3 aliphatic heterocycles. The SMILES string of the molecule is C[C@@]1(F)[C@H](OC(=O)OC(F)(F)F)[C@@H](CO[P@@]2(=O)OCC[C@@H](c3cccc(Cl)c3)O2)O[C@H]1N1C=CC(=O)CC1=O. The van der Waals surface area contributed by atoms with Crippen molar-refractivity contribution in [3.8, 4) is 0 Å². The molecule has 0 aliphatic carbocycles. The van der Waals surface area contributed by atoms with Gasteiger partial charge in [-0.05, 0) is 30.7 Å². The fraction of sp³-hybridized carbons (Fsp3) is 0.500. The van der Waals surface area contributed by atoms with E-state index in [1.165, 1.54) is 0 Å². The van der Waals surface area contributed by atoms with Crippen molar-refractivity contribution in [1.82, 2.24) is 4.90 Å². The lowest BCUT2D eigenvalue weighted by molar-refractivity contribution is -0.301. The van der Waals surface area contributed by atoms with Crippen LogP contribution in [0.3, 0.4) is 0 Å². The number of carbonyl (C=O) groups excluding carboxylic acids is 3. The Balaban J connectivity index is 1.53. The maximum absolute atomic E-state index is 16.0. The number of benzene rings is 1. The van der Waals surface area contributed by atoms with Crippen molar-refractivity contribution in [3.05, 3.63) is 47.1 Å². The molecule has 3 heterocycles. The average molecular weight is 602 g/mol. The van der Waals surface area contributed by atoms with Crippen LogP contribution in [0.1, 0.15) is 31.4 Å². The third-order valence-electron chi connectivity index (χ3n) is 5.89. The molecule has 11 nitrogen and oxygen atoms in total. The first-order valence-corrected chi connectivity index (χ1v) is 13.2. The average Bonchev–Trinajstić information content (AvgIpc) is 3.06. The molecule has 0 saturated carbocycles. The fourth-order valence-corrected chi connectivity index (χ4v) is 5.78. The Bertz CT molecular complexity index is 1210. The number of rotatable bonds is 6. The van der Waals surface area contributed by atoms with Crippen LogP contribution in [0.15, 0.2) is 36.5 Å². The largest absolute Gasteiger partial charge is 0.577 e. The maximum atomic E-state index is 16.0. The number of nitrogens with zero attached hydrogens (tertiary/aromatic N) is 1. The van der Waals surface area contributed by atoms with Gasteiger partial charge in [0, 0.05) is 17.6 Å². The summed E-state index contributed by atoms with van der Waals surface area (Å²) in [5, 5.41) is 0.389. The van der Waals surface area contributed by atoms with Crippen molar-refractivity contribution in [1.29, 1.82) is 0 Å². The number of amides is 1. The zero-order chi connectivity index (χ0) is 28.6. The highest BCUT2D eigenvalue weighted by Crippen LogP contribution is 2.57. The number of phosphoric acid groups is 1. The first kappa shape index (κ1) is 29.4. The van der Waals surface area contributed by atoms with Gasteiger partial charge >= 0.3 is 20.3 Å². The summed E-state index contributed by atoms with van der Waals surface area (Å²) in [5.74, 6) is -1.46. The summed E-state index contributed by atoms with van der Waals surface area (Å²) >= 11 is 5.99. The molecule has 2 saturated heterocycles. The summed E-state index contributed by atoms with van der Waals surface area (Å²) < 4.78 is 95.9. The monoisotopic (exact) mass is 601 g/mol. The number of ether oxygens (including phenoxy) is 3. The van der Waals surface area contributed by atoms with Crippen molar-refractivity contribution in [2.45, 2.75) is 56.3 Å². The van der Waals surface area contributed by atoms with Gasteiger partial charge in [0.2, 0.25) is 5.91 Å². The van der Waals surface area contributed by atoms with Gasteiger partial charge in [0.25, 0.3) is 0 Å². The minimum absolute atomic E-state index is 0.0810. The van der Waals surface area contributed by atoms with Gasteiger partial charge in [-0.1, -0.05) is 23.7 Å². The zero-order valence-electron chi connectivity index (χ0n) is 20.0. The quantitative estimate of drug-likeness (QED) is 0.195. The molecule has 17 heteroatoms. The predicted molar refractivity (Wildman–Crippen MR) is 121 cm³/mol. The first-order valence-electron chi connectivity index (χ1n) is 11.3. The summed E-state index contributed by atoms with van der Waals surface area (Å²) in [4.78, 5) is 36.3. The predicted octanol–water partition coefficient (Wildman–Crippen LogP) is 4.75. The summed E-state index contributed by atoms with van der Waals surface area (Å²) in [6.07, 6.45) is -12.7. The van der Waals surface area contributed by atoms with Crippen LogP contribution in [0.25, 0.3) is 0 Å². The van der Waals surface area contributed by atoms with E-state index in [1.54, 1.807) is 24.3 Å². The van der Waals surface area contributed by atoms with Gasteiger partial charge in [-0.3, -0.25) is 28.1 Å². The Morgan fingerprint density at radius 3 is 2.72 bits per heavy atom. The van der Waals surface area contributed by atoms with E-state index >= 15 is 4.39 Å². The van der Waals surface area contributed by atoms with Gasteiger partial charge in [-0.2, -0.15) is 0 Å². The lowest BCUT2D eigenvalue weighted by atomic mass is 9.97. The molecular formula is C22H21ClF4NO10P. The molecule has 4 rings (SSSR count). The summed E-state index contributed by atoms with van der Waals surface area (Å²) in [5.41, 5.74) is -2.30. The Hall–Kier alpha value is -2.55. The number of phosphoric ester groups is 1. The summed E-state index contributed by atoms with van der Waals surface area (Å²) in [6.45, 7) is -0.155. The first-order chi connectivity index (χ1) is 18.2. The lowest BCUT2D eigenvalue weighted by Crippen LogP contribution is -2.52. The molecule has 3 aliphatic rings. The standard InChI is InChI=1S/C22H21ClF4NO10P/c1-21(24)18(36-20(31)37-22(25,26)27)16(35-19(21)28-7-5-14(29)10-17(28)30)11-34-39(32)33-8-6-15(38-39)12-3-2-4-13(23)9-12/h2-5,7,9,15-16,18-19H,6,8,10-11H2,1H3/t15-,16+,18+,19+,21+,39+/m0/s1. The molecule has 39 heavy (non-hydrogen) atoms. The Morgan fingerprint density at radius 2 is 2.05 bits per heavy atom. The van der Waals surface area contributed by atoms with Gasteiger partial charge in [0.05, 0.1) is 25.7 Å². The highest BCUT2D eigenvalue weighted by atomic mass is 35.5. The number of alkyl halides is 4. The van der Waals surface area contributed by atoms with Crippen molar-refractivity contribution >= 4 is 37.3 Å². The number of carbonyl (C=O) groups is 3. The van der Waals surface area contributed by atoms with Crippen LogP contribution in [0, 0.1) is 0 Å². The lowest BCUT2D eigenvalue weighted by Gasteiger charge is -2.33. The van der Waals surface area contributed by atoms with Crippen molar-refractivity contribution < 1.29 is 64.3 Å². The summed E-state index contributed by atoms with van der Waals surface area (Å²) in [6, 6.07) is 6.49. The smallest absolute Gasteiger partial charge is 0.424 e. The van der Waals surface area contributed by atoms with Crippen molar-refractivity contribution in [2.24, 2.45) is 0 Å². The number of halogens is 5. The molecule has 0 spiro atoms. The topological polar surface area (TPSA) is 127 Å². The fourth-order valence-electron chi connectivity index (χ4n) is 4.18. The van der Waals surface area contributed by atoms with Crippen LogP contribution in [0.4, 0.5) is 22.4 Å². The zero-order valence-corrected chi connectivity index (χ0v) is 21.6.